The first-order valence-corrected chi connectivity index (χ1v) is 9.97. The highest BCUT2D eigenvalue weighted by atomic mass is 32.2. The topological polar surface area (TPSA) is 86.7 Å². The summed E-state index contributed by atoms with van der Waals surface area (Å²) in [4.78, 5) is 11.6. The van der Waals surface area contributed by atoms with Crippen LogP contribution in [0.2, 0.25) is 0 Å². The summed E-state index contributed by atoms with van der Waals surface area (Å²) in [5.41, 5.74) is -0.683. The summed E-state index contributed by atoms with van der Waals surface area (Å²) in [5, 5.41) is 11.6. The van der Waals surface area contributed by atoms with Crippen LogP contribution < -0.4 is 5.32 Å². The number of carbonyl (C=O) groups is 1. The monoisotopic (exact) mass is 432 g/mol. The summed E-state index contributed by atoms with van der Waals surface area (Å²) in [6.45, 7) is -0.0129. The number of benzene rings is 2. The lowest BCUT2D eigenvalue weighted by Gasteiger charge is -2.28. The molecule has 1 saturated heterocycles. The van der Waals surface area contributed by atoms with E-state index in [1.165, 1.54) is 0 Å². The van der Waals surface area contributed by atoms with Crippen molar-refractivity contribution in [2.24, 2.45) is 0 Å². The number of aliphatic hydroxyl groups is 1. The number of halogens is 4. The predicted octanol–water partition coefficient (Wildman–Crippen LogP) is 2.64. The molecule has 0 bridgehead atoms. The zero-order chi connectivity index (χ0) is 21.3. The van der Waals surface area contributed by atoms with Crippen LogP contribution in [0.1, 0.15) is 23.2 Å². The van der Waals surface area contributed by atoms with E-state index in [1.807, 2.05) is 0 Å². The molecule has 1 amide bonds. The standard InChI is InChI=1S/C18H16F4N2O4S/c19-13-2-1-10(18(26)23-11-8-14(20)17(22)15(21)9-11)7-16(13)29(27,28)24-5-3-12(25)4-6-24/h1-2,7-9,12,25H,3-6H2,(H,23,26). The van der Waals surface area contributed by atoms with E-state index in [0.717, 1.165) is 22.5 Å². The molecule has 6 nitrogen and oxygen atoms in total. The Labute approximate surface area is 163 Å². The van der Waals surface area contributed by atoms with Gasteiger partial charge in [-0.3, -0.25) is 4.79 Å². The first-order valence-electron chi connectivity index (χ1n) is 8.53. The number of hydrogen-bond donors (Lipinski definition) is 2. The van der Waals surface area contributed by atoms with Gasteiger partial charge in [0.1, 0.15) is 10.7 Å². The molecule has 3 rings (SSSR count). The number of rotatable bonds is 4. The van der Waals surface area contributed by atoms with Crippen molar-refractivity contribution in [2.45, 2.75) is 23.8 Å². The number of aliphatic hydroxyl groups excluding tert-OH is 1. The maximum absolute atomic E-state index is 14.2. The lowest BCUT2D eigenvalue weighted by atomic mass is 10.1. The minimum Gasteiger partial charge on any atom is -0.393 e. The molecule has 0 aliphatic carbocycles. The van der Waals surface area contributed by atoms with E-state index in [-0.39, 0.29) is 31.5 Å². The van der Waals surface area contributed by atoms with Gasteiger partial charge in [-0.2, -0.15) is 4.31 Å². The second kappa shape index (κ2) is 8.09. The van der Waals surface area contributed by atoms with Crippen LogP contribution in [0, 0.1) is 23.3 Å². The van der Waals surface area contributed by atoms with E-state index >= 15 is 0 Å². The number of carbonyl (C=O) groups excluding carboxylic acids is 1. The lowest BCUT2D eigenvalue weighted by molar-refractivity contribution is 0.102. The fourth-order valence-electron chi connectivity index (χ4n) is 2.89. The fraction of sp³-hybridized carbons (Fsp3) is 0.278. The van der Waals surface area contributed by atoms with Gasteiger partial charge in [-0.1, -0.05) is 0 Å². The van der Waals surface area contributed by atoms with Crippen LogP contribution in [0.15, 0.2) is 35.2 Å². The molecule has 0 spiro atoms. The first-order chi connectivity index (χ1) is 13.6. The van der Waals surface area contributed by atoms with Crippen molar-refractivity contribution in [3.63, 3.8) is 0 Å². The Bertz CT molecular complexity index is 1030. The molecule has 2 aromatic carbocycles. The lowest BCUT2D eigenvalue weighted by Crippen LogP contribution is -2.40. The third-order valence-electron chi connectivity index (χ3n) is 4.48. The number of hydrogen-bond acceptors (Lipinski definition) is 4. The van der Waals surface area contributed by atoms with Gasteiger partial charge in [0.2, 0.25) is 10.0 Å². The molecule has 0 unspecified atom stereocenters. The SMILES string of the molecule is O=C(Nc1cc(F)c(F)c(F)c1)c1ccc(F)c(S(=O)(=O)N2CCC(O)CC2)c1. The Kier molecular flexibility index (Phi) is 5.92. The van der Waals surface area contributed by atoms with Gasteiger partial charge in [-0.05, 0) is 31.0 Å². The van der Waals surface area contributed by atoms with Crippen molar-refractivity contribution in [3.8, 4) is 0 Å². The Hall–Kier alpha value is -2.50. The Morgan fingerprint density at radius 1 is 1.00 bits per heavy atom. The molecule has 0 saturated carbocycles. The summed E-state index contributed by atoms with van der Waals surface area (Å²) in [6.07, 6.45) is -0.245. The van der Waals surface area contributed by atoms with Crippen LogP contribution in [0.3, 0.4) is 0 Å². The van der Waals surface area contributed by atoms with E-state index in [9.17, 15) is 35.9 Å². The van der Waals surface area contributed by atoms with Gasteiger partial charge in [0.25, 0.3) is 5.91 Å². The molecule has 0 atom stereocenters. The van der Waals surface area contributed by atoms with Gasteiger partial charge in [0.05, 0.1) is 6.10 Å². The molecular formula is C18H16F4N2O4S. The van der Waals surface area contributed by atoms with Crippen molar-refractivity contribution < 1.29 is 35.9 Å². The first kappa shape index (κ1) is 21.2. The van der Waals surface area contributed by atoms with Crippen LogP contribution in [-0.4, -0.2) is 42.9 Å². The molecular weight excluding hydrogens is 416 g/mol. The smallest absolute Gasteiger partial charge is 0.255 e. The summed E-state index contributed by atoms with van der Waals surface area (Å²) in [7, 11) is -4.27. The number of sulfonamides is 1. The number of piperidine rings is 1. The maximum atomic E-state index is 14.2. The number of amides is 1. The molecule has 0 radical (unpaired) electrons. The zero-order valence-electron chi connectivity index (χ0n) is 14.8. The van der Waals surface area contributed by atoms with Crippen molar-refractivity contribution in [2.75, 3.05) is 18.4 Å². The average molecular weight is 432 g/mol. The average Bonchev–Trinajstić information content (AvgIpc) is 2.66. The minimum atomic E-state index is -4.27. The van der Waals surface area contributed by atoms with Crippen molar-refractivity contribution in [3.05, 3.63) is 59.2 Å². The van der Waals surface area contributed by atoms with Gasteiger partial charge >= 0.3 is 0 Å². The summed E-state index contributed by atoms with van der Waals surface area (Å²) in [6, 6.07) is 3.70. The summed E-state index contributed by atoms with van der Waals surface area (Å²) >= 11 is 0. The Morgan fingerprint density at radius 3 is 2.17 bits per heavy atom. The van der Waals surface area contributed by atoms with Crippen molar-refractivity contribution >= 4 is 21.6 Å². The highest BCUT2D eigenvalue weighted by Gasteiger charge is 2.31. The Balaban J connectivity index is 1.87. The Morgan fingerprint density at radius 2 is 1.59 bits per heavy atom. The molecule has 11 heteroatoms. The molecule has 1 aliphatic rings. The maximum Gasteiger partial charge on any atom is 0.255 e. The van der Waals surface area contributed by atoms with Crippen LogP contribution in [0.25, 0.3) is 0 Å². The van der Waals surface area contributed by atoms with E-state index in [1.54, 1.807) is 0 Å². The molecule has 156 valence electrons. The summed E-state index contributed by atoms with van der Waals surface area (Å²) in [5.74, 6) is -6.79. The van der Waals surface area contributed by atoms with Crippen molar-refractivity contribution in [1.29, 1.82) is 0 Å². The molecule has 2 N–H and O–H groups in total. The van der Waals surface area contributed by atoms with E-state index < -0.39 is 55.9 Å². The van der Waals surface area contributed by atoms with Gasteiger partial charge in [-0.15, -0.1) is 0 Å². The number of anilines is 1. The molecule has 29 heavy (non-hydrogen) atoms. The third kappa shape index (κ3) is 4.41. The number of nitrogens with one attached hydrogen (secondary N) is 1. The predicted molar refractivity (Wildman–Crippen MR) is 94.7 cm³/mol. The molecule has 1 fully saturated rings. The van der Waals surface area contributed by atoms with E-state index in [0.29, 0.717) is 12.1 Å². The van der Waals surface area contributed by atoms with Crippen LogP contribution in [0.5, 0.6) is 0 Å². The minimum absolute atomic E-state index is 0.00645. The molecule has 1 aliphatic heterocycles. The number of nitrogens with zero attached hydrogens (tertiary/aromatic N) is 1. The molecule has 1 heterocycles. The molecule has 2 aromatic rings. The van der Waals surface area contributed by atoms with E-state index in [4.69, 9.17) is 0 Å². The normalized spacial score (nSPS) is 16.0. The summed E-state index contributed by atoms with van der Waals surface area (Å²) < 4.78 is 80.2. The second-order valence-corrected chi connectivity index (χ2v) is 8.39. The zero-order valence-corrected chi connectivity index (χ0v) is 15.6. The highest BCUT2D eigenvalue weighted by Crippen LogP contribution is 2.25. The third-order valence-corrected chi connectivity index (χ3v) is 6.39. The fourth-order valence-corrected chi connectivity index (χ4v) is 4.45. The quantitative estimate of drug-likeness (QED) is 0.575. The van der Waals surface area contributed by atoms with Gasteiger partial charge in [0.15, 0.2) is 17.5 Å². The van der Waals surface area contributed by atoms with Gasteiger partial charge in [0, 0.05) is 36.5 Å². The highest BCUT2D eigenvalue weighted by molar-refractivity contribution is 7.89. The van der Waals surface area contributed by atoms with E-state index in [2.05, 4.69) is 5.32 Å². The van der Waals surface area contributed by atoms with Gasteiger partial charge < -0.3 is 10.4 Å². The molecule has 0 aromatic heterocycles. The van der Waals surface area contributed by atoms with Crippen LogP contribution in [0.4, 0.5) is 23.2 Å². The van der Waals surface area contributed by atoms with Crippen LogP contribution in [-0.2, 0) is 10.0 Å². The largest absolute Gasteiger partial charge is 0.393 e. The van der Waals surface area contributed by atoms with Gasteiger partial charge in [-0.25, -0.2) is 26.0 Å². The second-order valence-electron chi connectivity index (χ2n) is 6.49. The van der Waals surface area contributed by atoms with Crippen molar-refractivity contribution in [1.82, 2.24) is 4.31 Å². The van der Waals surface area contributed by atoms with Crippen LogP contribution >= 0.6 is 0 Å².